The molecule has 62 valence electrons. The molecule has 0 saturated carbocycles. The van der Waals surface area contributed by atoms with Crippen molar-refractivity contribution in [1.29, 1.82) is 0 Å². The highest BCUT2D eigenvalue weighted by Gasteiger charge is 1.82. The van der Waals surface area contributed by atoms with E-state index in [1.54, 1.807) is 0 Å². The van der Waals surface area contributed by atoms with Crippen LogP contribution in [0.5, 0.6) is 0 Å². The second kappa shape index (κ2) is 9.12. The molecule has 0 fully saturated rings. The minimum Gasteiger partial charge on any atom is -0.211 e. The van der Waals surface area contributed by atoms with Gasteiger partial charge in [-0.15, -0.1) is 0 Å². The number of hydrogen-bond donors (Lipinski definition) is 0. The summed E-state index contributed by atoms with van der Waals surface area (Å²) in [6.45, 7) is 2.19. The molecule has 0 saturated heterocycles. The van der Waals surface area contributed by atoms with Crippen LogP contribution in [0, 0.1) is 0 Å². The molecule has 0 aromatic rings. The third-order valence-corrected chi connectivity index (χ3v) is 1.46. The maximum Gasteiger partial charge on any atom is 0.239 e. The van der Waals surface area contributed by atoms with Gasteiger partial charge >= 0.3 is 0 Å². The van der Waals surface area contributed by atoms with Gasteiger partial charge in [0.25, 0.3) is 0 Å². The lowest BCUT2D eigenvalue weighted by molar-refractivity contribution is 0.565. The Morgan fingerprint density at radius 3 is 2.82 bits per heavy atom. The van der Waals surface area contributed by atoms with Crippen LogP contribution in [0.15, 0.2) is 17.3 Å². The van der Waals surface area contributed by atoms with Crippen molar-refractivity contribution < 1.29 is 4.79 Å². The van der Waals surface area contributed by atoms with Crippen molar-refractivity contribution >= 4 is 6.08 Å². The fourth-order valence-corrected chi connectivity index (χ4v) is 0.847. The lowest BCUT2D eigenvalue weighted by atomic mass is 10.1. The van der Waals surface area contributed by atoms with Gasteiger partial charge in [-0.1, -0.05) is 32.3 Å². The van der Waals surface area contributed by atoms with Gasteiger partial charge in [0.05, 0.1) is 0 Å². The molecule has 0 radical (unpaired) electrons. The summed E-state index contributed by atoms with van der Waals surface area (Å²) < 4.78 is 0. The molecule has 0 aromatic carbocycles. The zero-order valence-electron chi connectivity index (χ0n) is 7.05. The van der Waals surface area contributed by atoms with E-state index in [9.17, 15) is 4.79 Å². The van der Waals surface area contributed by atoms with E-state index in [0.717, 1.165) is 6.42 Å². The molecule has 0 unspecified atom stereocenters. The monoisotopic (exact) mass is 153 g/mol. The van der Waals surface area contributed by atoms with Crippen LogP contribution in [0.2, 0.25) is 0 Å². The number of nitrogens with zero attached hydrogens (tertiary/aromatic N) is 1. The number of unbranched alkanes of at least 4 members (excludes halogenated alkanes) is 4. The van der Waals surface area contributed by atoms with Crippen LogP contribution in [0.25, 0.3) is 0 Å². The molecule has 0 bridgehead atoms. The Bertz CT molecular complexity index is 146. The first kappa shape index (κ1) is 10.1. The van der Waals surface area contributed by atoms with E-state index in [1.807, 2.05) is 6.08 Å². The SMILES string of the molecule is CCCCCC/C=C/N=C=O. The smallest absolute Gasteiger partial charge is 0.211 e. The van der Waals surface area contributed by atoms with E-state index in [1.165, 1.54) is 38.0 Å². The molecule has 2 nitrogen and oxygen atoms in total. The van der Waals surface area contributed by atoms with E-state index < -0.39 is 0 Å². The van der Waals surface area contributed by atoms with Crippen molar-refractivity contribution in [2.24, 2.45) is 4.99 Å². The molecule has 0 aliphatic carbocycles. The Balaban J connectivity index is 3.07. The largest absolute Gasteiger partial charge is 0.239 e. The molecule has 0 heterocycles. The first-order valence-electron chi connectivity index (χ1n) is 4.13. The highest BCUT2D eigenvalue weighted by molar-refractivity contribution is 5.34. The Hall–Kier alpha value is -0.880. The van der Waals surface area contributed by atoms with Crippen molar-refractivity contribution in [2.75, 3.05) is 0 Å². The van der Waals surface area contributed by atoms with E-state index >= 15 is 0 Å². The van der Waals surface area contributed by atoms with Crippen LogP contribution >= 0.6 is 0 Å². The van der Waals surface area contributed by atoms with Gasteiger partial charge in [0.1, 0.15) is 0 Å². The summed E-state index contributed by atoms with van der Waals surface area (Å²) in [5.74, 6) is 0. The topological polar surface area (TPSA) is 29.4 Å². The van der Waals surface area contributed by atoms with Gasteiger partial charge < -0.3 is 0 Å². The lowest BCUT2D eigenvalue weighted by Crippen LogP contribution is -1.72. The fourth-order valence-electron chi connectivity index (χ4n) is 0.847. The van der Waals surface area contributed by atoms with Crippen LogP contribution in [0.1, 0.15) is 39.0 Å². The molecule has 0 aromatic heterocycles. The molecule has 11 heavy (non-hydrogen) atoms. The summed E-state index contributed by atoms with van der Waals surface area (Å²) in [6.07, 6.45) is 10.9. The maximum atomic E-state index is 9.60. The average Bonchev–Trinajstić information content (AvgIpc) is 2.03. The van der Waals surface area contributed by atoms with Crippen LogP contribution < -0.4 is 0 Å². The van der Waals surface area contributed by atoms with Gasteiger partial charge in [-0.05, 0) is 12.8 Å². The Morgan fingerprint density at radius 1 is 1.36 bits per heavy atom. The summed E-state index contributed by atoms with van der Waals surface area (Å²) >= 11 is 0. The highest BCUT2D eigenvalue weighted by atomic mass is 16.1. The summed E-state index contributed by atoms with van der Waals surface area (Å²) in [4.78, 5) is 12.9. The predicted octanol–water partition coefficient (Wildman–Crippen LogP) is 2.81. The maximum absolute atomic E-state index is 9.60. The van der Waals surface area contributed by atoms with E-state index in [2.05, 4.69) is 11.9 Å². The van der Waals surface area contributed by atoms with E-state index in [4.69, 9.17) is 0 Å². The Kier molecular flexibility index (Phi) is 8.39. The van der Waals surface area contributed by atoms with Crippen molar-refractivity contribution in [3.05, 3.63) is 12.3 Å². The molecule has 0 N–H and O–H groups in total. The minimum atomic E-state index is 1.02. The molecular formula is C9H15NO. The molecular weight excluding hydrogens is 138 g/mol. The van der Waals surface area contributed by atoms with Crippen LogP contribution in [-0.2, 0) is 4.79 Å². The van der Waals surface area contributed by atoms with Gasteiger partial charge in [0.2, 0.25) is 6.08 Å². The van der Waals surface area contributed by atoms with Gasteiger partial charge in [0.15, 0.2) is 0 Å². The number of allylic oxidation sites excluding steroid dienone is 1. The normalized spacial score (nSPS) is 9.91. The fraction of sp³-hybridized carbons (Fsp3) is 0.667. The molecule has 0 aliphatic heterocycles. The molecule has 0 rings (SSSR count). The molecule has 2 heteroatoms. The zero-order chi connectivity index (χ0) is 8.36. The van der Waals surface area contributed by atoms with Crippen LogP contribution in [0.4, 0.5) is 0 Å². The number of carbonyl (C=O) groups excluding carboxylic acids is 1. The van der Waals surface area contributed by atoms with Gasteiger partial charge in [-0.25, -0.2) is 4.79 Å². The standard InChI is InChI=1S/C9H15NO/c1-2-3-4-5-6-7-8-10-9-11/h7-8H,2-6H2,1H3/b8-7+. The van der Waals surface area contributed by atoms with Crippen LogP contribution in [-0.4, -0.2) is 6.08 Å². The highest BCUT2D eigenvalue weighted by Crippen LogP contribution is 2.02. The molecule has 0 atom stereocenters. The quantitative estimate of drug-likeness (QED) is 0.328. The summed E-state index contributed by atoms with van der Waals surface area (Å²) in [5, 5.41) is 0. The summed E-state index contributed by atoms with van der Waals surface area (Å²) in [5.41, 5.74) is 0. The number of hydrogen-bond acceptors (Lipinski definition) is 2. The molecule has 0 aliphatic rings. The Labute approximate surface area is 68.0 Å². The van der Waals surface area contributed by atoms with Gasteiger partial charge in [-0.2, -0.15) is 4.99 Å². The predicted molar refractivity (Wildman–Crippen MR) is 46.0 cm³/mol. The van der Waals surface area contributed by atoms with Crippen molar-refractivity contribution in [3.8, 4) is 0 Å². The van der Waals surface area contributed by atoms with E-state index in [-0.39, 0.29) is 0 Å². The average molecular weight is 153 g/mol. The number of isocyanates is 1. The second-order valence-corrected chi connectivity index (χ2v) is 2.45. The van der Waals surface area contributed by atoms with Gasteiger partial charge in [0, 0.05) is 6.20 Å². The summed E-state index contributed by atoms with van der Waals surface area (Å²) in [6, 6.07) is 0. The molecule has 0 amide bonds. The third-order valence-electron chi connectivity index (χ3n) is 1.46. The Morgan fingerprint density at radius 2 is 2.18 bits per heavy atom. The lowest BCUT2D eigenvalue weighted by Gasteiger charge is -1.92. The zero-order valence-corrected chi connectivity index (χ0v) is 7.05. The molecule has 0 spiro atoms. The first-order valence-corrected chi connectivity index (χ1v) is 4.13. The minimum absolute atomic E-state index is 1.02. The van der Waals surface area contributed by atoms with E-state index in [0.29, 0.717) is 0 Å². The van der Waals surface area contributed by atoms with Crippen molar-refractivity contribution in [1.82, 2.24) is 0 Å². The first-order chi connectivity index (χ1) is 5.41. The third kappa shape index (κ3) is 9.12. The van der Waals surface area contributed by atoms with Crippen molar-refractivity contribution in [2.45, 2.75) is 39.0 Å². The number of aliphatic imine (C=N–C) groups is 1. The van der Waals surface area contributed by atoms with Crippen molar-refractivity contribution in [3.63, 3.8) is 0 Å². The van der Waals surface area contributed by atoms with Gasteiger partial charge in [-0.3, -0.25) is 0 Å². The number of rotatable bonds is 6. The second-order valence-electron chi connectivity index (χ2n) is 2.45. The van der Waals surface area contributed by atoms with Crippen LogP contribution in [0.3, 0.4) is 0 Å². The summed E-state index contributed by atoms with van der Waals surface area (Å²) in [7, 11) is 0.